The van der Waals surface area contributed by atoms with Crippen LogP contribution in [0.5, 0.6) is 0 Å². The average Bonchev–Trinajstić information content (AvgIpc) is 2.63. The van der Waals surface area contributed by atoms with Gasteiger partial charge in [0.25, 0.3) is 0 Å². The Morgan fingerprint density at radius 2 is 1.17 bits per heavy atom. The molecule has 24 heavy (non-hydrogen) atoms. The molecule has 0 fully saturated rings. The number of hydrogen-bond acceptors (Lipinski definition) is 1. The summed E-state index contributed by atoms with van der Waals surface area (Å²) in [5.41, 5.74) is 2.14. The number of hydrogen-bond donors (Lipinski definition) is 1. The summed E-state index contributed by atoms with van der Waals surface area (Å²) in [6, 6.07) is 27.5. The Balaban J connectivity index is 2.01. The molecule has 0 aromatic heterocycles. The lowest BCUT2D eigenvalue weighted by Crippen LogP contribution is -2.21. The first kappa shape index (κ1) is 16.5. The van der Waals surface area contributed by atoms with Crippen molar-refractivity contribution in [2.75, 3.05) is 5.09 Å². The number of anilines is 1. The van der Waals surface area contributed by atoms with Gasteiger partial charge in [0.05, 0.1) is 0 Å². The Kier molecular flexibility index (Phi) is 4.87. The minimum atomic E-state index is -2.93. The van der Waals surface area contributed by atoms with Crippen molar-refractivity contribution >= 4 is 23.6 Å². The topological polar surface area (TPSA) is 29.1 Å². The lowest BCUT2D eigenvalue weighted by Gasteiger charge is -2.22. The van der Waals surface area contributed by atoms with Crippen LogP contribution in [-0.4, -0.2) is 0 Å². The molecule has 0 bridgehead atoms. The molecule has 0 saturated carbocycles. The van der Waals surface area contributed by atoms with Crippen LogP contribution in [0.3, 0.4) is 0 Å². The molecule has 3 aromatic carbocycles. The van der Waals surface area contributed by atoms with Gasteiger partial charge in [-0.3, -0.25) is 4.57 Å². The molecule has 0 aliphatic heterocycles. The van der Waals surface area contributed by atoms with Crippen LogP contribution in [0, 0.1) is 0 Å². The summed E-state index contributed by atoms with van der Waals surface area (Å²) in [7, 11) is -2.93. The molecule has 0 radical (unpaired) electrons. The fraction of sp³-hybridized carbons (Fsp3) is 0.143. The summed E-state index contributed by atoms with van der Waals surface area (Å²) in [5.74, 6) is 0.481. The standard InChI is InChI=1S/C21H22NOP/c1-17(2)18-13-15-19(16-14-18)22-24(23,20-9-5-3-6-10-20)21-11-7-4-8-12-21/h3-17H,1-2H3,(H,22,23). The maximum Gasteiger partial charge on any atom is 0.227 e. The molecule has 0 heterocycles. The largest absolute Gasteiger partial charge is 0.329 e. The number of rotatable bonds is 5. The fourth-order valence-electron chi connectivity index (χ4n) is 2.68. The average molecular weight is 335 g/mol. The lowest BCUT2D eigenvalue weighted by molar-refractivity contribution is 0.590. The Morgan fingerprint density at radius 3 is 1.58 bits per heavy atom. The third-order valence-corrected chi connectivity index (χ3v) is 6.73. The first-order valence-electron chi connectivity index (χ1n) is 8.19. The molecule has 0 amide bonds. The van der Waals surface area contributed by atoms with Crippen molar-refractivity contribution in [2.45, 2.75) is 19.8 Å². The smallest absolute Gasteiger partial charge is 0.227 e. The Labute approximate surface area is 144 Å². The van der Waals surface area contributed by atoms with Crippen LogP contribution in [0.25, 0.3) is 0 Å². The van der Waals surface area contributed by atoms with E-state index in [4.69, 9.17) is 0 Å². The van der Waals surface area contributed by atoms with Gasteiger partial charge in [0.2, 0.25) is 7.29 Å². The zero-order chi connectivity index (χ0) is 17.0. The zero-order valence-electron chi connectivity index (χ0n) is 14.0. The predicted octanol–water partition coefficient (Wildman–Crippen LogP) is 5.15. The van der Waals surface area contributed by atoms with Crippen molar-refractivity contribution in [1.82, 2.24) is 0 Å². The van der Waals surface area contributed by atoms with Gasteiger partial charge < -0.3 is 5.09 Å². The van der Waals surface area contributed by atoms with Gasteiger partial charge in [-0.2, -0.15) is 0 Å². The van der Waals surface area contributed by atoms with E-state index in [-0.39, 0.29) is 0 Å². The summed E-state index contributed by atoms with van der Waals surface area (Å²) in [6.07, 6.45) is 0. The quantitative estimate of drug-likeness (QED) is 0.653. The van der Waals surface area contributed by atoms with Crippen molar-refractivity contribution in [3.8, 4) is 0 Å². The van der Waals surface area contributed by atoms with Gasteiger partial charge in [-0.1, -0.05) is 62.4 Å². The van der Waals surface area contributed by atoms with Crippen LogP contribution in [0.2, 0.25) is 0 Å². The minimum absolute atomic E-state index is 0.481. The molecule has 3 rings (SSSR count). The fourth-order valence-corrected chi connectivity index (χ4v) is 4.93. The Hall–Kier alpha value is -2.31. The first-order valence-corrected chi connectivity index (χ1v) is 9.90. The van der Waals surface area contributed by atoms with Crippen LogP contribution in [-0.2, 0) is 4.57 Å². The van der Waals surface area contributed by atoms with Gasteiger partial charge in [-0.25, -0.2) is 0 Å². The van der Waals surface area contributed by atoms with Gasteiger partial charge in [0, 0.05) is 16.3 Å². The molecule has 3 heteroatoms. The van der Waals surface area contributed by atoms with Gasteiger partial charge in [0.15, 0.2) is 0 Å². The van der Waals surface area contributed by atoms with Crippen molar-refractivity contribution in [1.29, 1.82) is 0 Å². The number of nitrogens with one attached hydrogen (secondary N) is 1. The van der Waals surface area contributed by atoms with Crippen molar-refractivity contribution in [2.24, 2.45) is 0 Å². The summed E-state index contributed by atoms with van der Waals surface area (Å²) in [6.45, 7) is 4.34. The van der Waals surface area contributed by atoms with E-state index < -0.39 is 7.29 Å². The zero-order valence-corrected chi connectivity index (χ0v) is 14.9. The first-order chi connectivity index (χ1) is 11.6. The maximum absolute atomic E-state index is 13.9. The van der Waals surface area contributed by atoms with Crippen LogP contribution in [0.1, 0.15) is 25.3 Å². The SMILES string of the molecule is CC(C)c1ccc(NP(=O)(c2ccccc2)c2ccccc2)cc1. The minimum Gasteiger partial charge on any atom is -0.329 e. The van der Waals surface area contributed by atoms with Crippen LogP contribution in [0.4, 0.5) is 5.69 Å². The van der Waals surface area contributed by atoms with E-state index in [1.807, 2.05) is 72.8 Å². The van der Waals surface area contributed by atoms with Crippen LogP contribution >= 0.6 is 7.29 Å². The van der Waals surface area contributed by atoms with Crippen molar-refractivity contribution in [3.63, 3.8) is 0 Å². The highest BCUT2D eigenvalue weighted by Gasteiger charge is 2.26. The lowest BCUT2D eigenvalue weighted by atomic mass is 10.0. The third-order valence-electron chi connectivity index (χ3n) is 4.10. The van der Waals surface area contributed by atoms with Crippen LogP contribution < -0.4 is 15.7 Å². The third kappa shape index (κ3) is 3.44. The van der Waals surface area contributed by atoms with E-state index in [9.17, 15) is 4.57 Å². The van der Waals surface area contributed by atoms with Crippen molar-refractivity contribution < 1.29 is 4.57 Å². The van der Waals surface area contributed by atoms with E-state index in [1.165, 1.54) is 5.56 Å². The van der Waals surface area contributed by atoms with Crippen molar-refractivity contribution in [3.05, 3.63) is 90.5 Å². The molecule has 2 nitrogen and oxygen atoms in total. The Bertz CT molecular complexity index is 783. The molecule has 0 saturated heterocycles. The summed E-state index contributed by atoms with van der Waals surface area (Å²) >= 11 is 0. The molecular formula is C21H22NOP. The van der Waals surface area contributed by atoms with E-state index in [2.05, 4.69) is 31.1 Å². The highest BCUT2D eigenvalue weighted by atomic mass is 31.2. The molecule has 122 valence electrons. The maximum atomic E-state index is 13.9. The predicted molar refractivity (Wildman–Crippen MR) is 104 cm³/mol. The molecule has 0 aliphatic rings. The molecule has 0 unspecified atom stereocenters. The number of benzene rings is 3. The molecule has 0 spiro atoms. The molecular weight excluding hydrogens is 313 g/mol. The second-order valence-electron chi connectivity index (χ2n) is 6.17. The molecule has 0 atom stereocenters. The van der Waals surface area contributed by atoms with E-state index in [0.717, 1.165) is 16.3 Å². The summed E-state index contributed by atoms with van der Waals surface area (Å²) in [5, 5.41) is 4.93. The second kappa shape index (κ2) is 7.07. The second-order valence-corrected chi connectivity index (χ2v) is 8.64. The molecule has 3 aromatic rings. The highest BCUT2D eigenvalue weighted by molar-refractivity contribution is 7.80. The van der Waals surface area contributed by atoms with E-state index >= 15 is 0 Å². The summed E-state index contributed by atoms with van der Waals surface area (Å²) < 4.78 is 13.9. The van der Waals surface area contributed by atoms with Gasteiger partial charge in [-0.05, 0) is 47.9 Å². The normalized spacial score (nSPS) is 11.5. The molecule has 0 aliphatic carbocycles. The monoisotopic (exact) mass is 335 g/mol. The van der Waals surface area contributed by atoms with Gasteiger partial charge in [-0.15, -0.1) is 0 Å². The van der Waals surface area contributed by atoms with Gasteiger partial charge >= 0.3 is 0 Å². The van der Waals surface area contributed by atoms with E-state index in [1.54, 1.807) is 0 Å². The van der Waals surface area contributed by atoms with Crippen LogP contribution in [0.15, 0.2) is 84.9 Å². The van der Waals surface area contributed by atoms with E-state index in [0.29, 0.717) is 5.92 Å². The van der Waals surface area contributed by atoms with Gasteiger partial charge in [0.1, 0.15) is 0 Å². The highest BCUT2D eigenvalue weighted by Crippen LogP contribution is 2.43. The summed E-state index contributed by atoms with van der Waals surface area (Å²) in [4.78, 5) is 0. The molecule has 1 N–H and O–H groups in total. The Morgan fingerprint density at radius 1 is 0.708 bits per heavy atom.